The number of hydrogen-bond acceptors (Lipinski definition) is 3. The van der Waals surface area contributed by atoms with Crippen LogP contribution >= 0.6 is 0 Å². The Labute approximate surface area is 295 Å². The van der Waals surface area contributed by atoms with Crippen LogP contribution in [0.15, 0.2) is 192 Å². The molecule has 0 saturated heterocycles. The number of para-hydroxylation sites is 3. The standard InChI is InChI=1S/C47H31N3O/c1-3-11-34(12-4-1)47-48-46-42-31-35(20-19-33(42)23-30-45(46)51-47)32-21-24-37(25-22-32)49(36-13-5-2-6-14-36)38-26-28-39(29-27-38)50-43-17-9-7-15-40(43)41-16-8-10-18-44(41)50/h1-31H. The molecule has 0 amide bonds. The summed E-state index contributed by atoms with van der Waals surface area (Å²) in [5.74, 6) is 0.636. The maximum Gasteiger partial charge on any atom is 0.227 e. The zero-order valence-corrected chi connectivity index (χ0v) is 27.6. The molecule has 10 rings (SSSR count). The molecule has 0 spiro atoms. The number of oxazole rings is 1. The minimum atomic E-state index is 0.636. The first kappa shape index (κ1) is 29.0. The van der Waals surface area contributed by atoms with Gasteiger partial charge in [0.05, 0.1) is 11.0 Å². The van der Waals surface area contributed by atoms with E-state index in [0.717, 1.165) is 61.3 Å². The lowest BCUT2D eigenvalue weighted by Crippen LogP contribution is -2.10. The van der Waals surface area contributed by atoms with Gasteiger partial charge in [0, 0.05) is 44.5 Å². The summed E-state index contributed by atoms with van der Waals surface area (Å²) in [6.45, 7) is 0. The van der Waals surface area contributed by atoms with Crippen molar-refractivity contribution in [3.63, 3.8) is 0 Å². The van der Waals surface area contributed by atoms with Crippen molar-refractivity contribution in [2.24, 2.45) is 0 Å². The van der Waals surface area contributed by atoms with Crippen LogP contribution in [-0.2, 0) is 0 Å². The molecule has 0 N–H and O–H groups in total. The number of hydrogen-bond donors (Lipinski definition) is 0. The largest absolute Gasteiger partial charge is 0.436 e. The zero-order chi connectivity index (χ0) is 33.7. The van der Waals surface area contributed by atoms with Crippen LogP contribution in [0.5, 0.6) is 0 Å². The second-order valence-corrected chi connectivity index (χ2v) is 12.8. The minimum Gasteiger partial charge on any atom is -0.436 e. The maximum absolute atomic E-state index is 6.18. The van der Waals surface area contributed by atoms with E-state index in [9.17, 15) is 0 Å². The molecule has 0 atom stereocenters. The Morgan fingerprint density at radius 3 is 1.67 bits per heavy atom. The SMILES string of the molecule is c1ccc(-c2nc3c(ccc4ccc(-c5ccc(N(c6ccccc6)c6ccc(-n7c8ccccc8c8ccccc87)cc6)cc5)cc43)o2)cc1. The average Bonchev–Trinajstić information content (AvgIpc) is 3.80. The second-order valence-electron chi connectivity index (χ2n) is 12.8. The molecule has 0 aliphatic heterocycles. The Kier molecular flexibility index (Phi) is 6.78. The van der Waals surface area contributed by atoms with Crippen molar-refractivity contribution in [3.05, 3.63) is 188 Å². The van der Waals surface area contributed by atoms with Gasteiger partial charge < -0.3 is 13.9 Å². The van der Waals surface area contributed by atoms with Crippen LogP contribution in [0.3, 0.4) is 0 Å². The lowest BCUT2D eigenvalue weighted by molar-refractivity contribution is 0.620. The molecule has 8 aromatic carbocycles. The third kappa shape index (κ3) is 4.96. The van der Waals surface area contributed by atoms with Crippen molar-refractivity contribution in [1.29, 1.82) is 0 Å². The van der Waals surface area contributed by atoms with E-state index >= 15 is 0 Å². The van der Waals surface area contributed by atoms with Crippen LogP contribution in [0.1, 0.15) is 0 Å². The van der Waals surface area contributed by atoms with E-state index in [-0.39, 0.29) is 0 Å². The van der Waals surface area contributed by atoms with Gasteiger partial charge in [-0.2, -0.15) is 0 Å². The Morgan fingerprint density at radius 2 is 0.980 bits per heavy atom. The first-order chi connectivity index (χ1) is 25.3. The minimum absolute atomic E-state index is 0.636. The van der Waals surface area contributed by atoms with Crippen molar-refractivity contribution in [1.82, 2.24) is 9.55 Å². The molecule has 4 heteroatoms. The predicted molar refractivity (Wildman–Crippen MR) is 211 cm³/mol. The molecule has 0 unspecified atom stereocenters. The van der Waals surface area contributed by atoms with Gasteiger partial charge in [0.1, 0.15) is 5.52 Å². The molecule has 0 aliphatic rings. The molecule has 2 heterocycles. The highest BCUT2D eigenvalue weighted by Gasteiger charge is 2.16. The van der Waals surface area contributed by atoms with Gasteiger partial charge in [-0.25, -0.2) is 4.98 Å². The zero-order valence-electron chi connectivity index (χ0n) is 27.6. The fourth-order valence-corrected chi connectivity index (χ4v) is 7.37. The maximum atomic E-state index is 6.18. The first-order valence-electron chi connectivity index (χ1n) is 17.2. The fraction of sp³-hybridized carbons (Fsp3) is 0. The van der Waals surface area contributed by atoms with Crippen LogP contribution in [0.2, 0.25) is 0 Å². The highest BCUT2D eigenvalue weighted by molar-refractivity contribution is 6.09. The van der Waals surface area contributed by atoms with Crippen LogP contribution in [0.4, 0.5) is 17.1 Å². The monoisotopic (exact) mass is 653 g/mol. The summed E-state index contributed by atoms with van der Waals surface area (Å²) in [6.07, 6.45) is 0. The molecule has 0 fully saturated rings. The summed E-state index contributed by atoms with van der Waals surface area (Å²) >= 11 is 0. The van der Waals surface area contributed by atoms with Crippen molar-refractivity contribution >= 4 is 60.7 Å². The lowest BCUT2D eigenvalue weighted by atomic mass is 10.00. The van der Waals surface area contributed by atoms with Gasteiger partial charge in [-0.1, -0.05) is 103 Å². The summed E-state index contributed by atoms with van der Waals surface area (Å²) in [6, 6.07) is 66.3. The molecule has 51 heavy (non-hydrogen) atoms. The fourth-order valence-electron chi connectivity index (χ4n) is 7.37. The molecular formula is C47H31N3O. The van der Waals surface area contributed by atoms with Gasteiger partial charge in [0.15, 0.2) is 5.58 Å². The highest BCUT2D eigenvalue weighted by atomic mass is 16.3. The molecule has 10 aromatic rings. The smallest absolute Gasteiger partial charge is 0.227 e. The number of fused-ring (bicyclic) bond motifs is 6. The molecule has 0 radical (unpaired) electrons. The molecular weight excluding hydrogens is 623 g/mol. The third-order valence-corrected chi connectivity index (χ3v) is 9.82. The Bertz CT molecular complexity index is 2780. The third-order valence-electron chi connectivity index (χ3n) is 9.82. The summed E-state index contributed by atoms with van der Waals surface area (Å²) in [7, 11) is 0. The van der Waals surface area contributed by atoms with Gasteiger partial charge in [0.2, 0.25) is 5.89 Å². The van der Waals surface area contributed by atoms with Gasteiger partial charge in [0.25, 0.3) is 0 Å². The van der Waals surface area contributed by atoms with E-state index in [4.69, 9.17) is 9.40 Å². The molecule has 0 bridgehead atoms. The van der Waals surface area contributed by atoms with Gasteiger partial charge in [-0.3, -0.25) is 0 Å². The van der Waals surface area contributed by atoms with Crippen molar-refractivity contribution in [2.75, 3.05) is 4.90 Å². The topological polar surface area (TPSA) is 34.2 Å². The Balaban J connectivity index is 1.02. The lowest BCUT2D eigenvalue weighted by Gasteiger charge is -2.26. The predicted octanol–water partition coefficient (Wildman–Crippen LogP) is 12.9. The van der Waals surface area contributed by atoms with E-state index in [2.05, 4.69) is 161 Å². The quantitative estimate of drug-likeness (QED) is 0.179. The molecule has 2 aromatic heterocycles. The van der Waals surface area contributed by atoms with Crippen LogP contribution in [-0.4, -0.2) is 9.55 Å². The van der Waals surface area contributed by atoms with Crippen molar-refractivity contribution in [2.45, 2.75) is 0 Å². The number of benzene rings is 8. The molecule has 0 saturated carbocycles. The van der Waals surface area contributed by atoms with Crippen LogP contribution in [0.25, 0.3) is 71.9 Å². The van der Waals surface area contributed by atoms with Crippen molar-refractivity contribution < 1.29 is 4.42 Å². The molecule has 4 nitrogen and oxygen atoms in total. The number of nitrogens with zero attached hydrogens (tertiary/aromatic N) is 3. The Morgan fingerprint density at radius 1 is 0.431 bits per heavy atom. The number of aromatic nitrogens is 2. The second kappa shape index (κ2) is 11.9. The summed E-state index contributed by atoms with van der Waals surface area (Å²) in [5.41, 5.74) is 11.7. The van der Waals surface area contributed by atoms with Gasteiger partial charge in [-0.05, 0) is 101 Å². The highest BCUT2D eigenvalue weighted by Crippen LogP contribution is 2.38. The van der Waals surface area contributed by atoms with Crippen LogP contribution < -0.4 is 4.90 Å². The Hall–Kier alpha value is -6.91. The van der Waals surface area contributed by atoms with E-state index < -0.39 is 0 Å². The number of anilines is 3. The van der Waals surface area contributed by atoms with E-state index in [0.29, 0.717) is 5.89 Å². The van der Waals surface area contributed by atoms with E-state index in [1.54, 1.807) is 0 Å². The average molecular weight is 654 g/mol. The summed E-state index contributed by atoms with van der Waals surface area (Å²) in [4.78, 5) is 7.24. The molecule has 240 valence electrons. The normalized spacial score (nSPS) is 11.5. The van der Waals surface area contributed by atoms with Crippen LogP contribution in [0, 0.1) is 0 Å². The first-order valence-corrected chi connectivity index (χ1v) is 17.2. The van der Waals surface area contributed by atoms with Gasteiger partial charge in [-0.15, -0.1) is 0 Å². The number of rotatable bonds is 6. The molecule has 0 aliphatic carbocycles. The summed E-state index contributed by atoms with van der Waals surface area (Å²) in [5, 5.41) is 4.73. The van der Waals surface area contributed by atoms with E-state index in [1.165, 1.54) is 21.8 Å². The van der Waals surface area contributed by atoms with Crippen molar-refractivity contribution in [3.8, 4) is 28.3 Å². The summed E-state index contributed by atoms with van der Waals surface area (Å²) < 4.78 is 8.54. The van der Waals surface area contributed by atoms with E-state index in [1.807, 2.05) is 36.4 Å². The van der Waals surface area contributed by atoms with Gasteiger partial charge >= 0.3 is 0 Å².